The number of ether oxygens (including phenoxy) is 5. The molecule has 1 aliphatic heterocycles. The summed E-state index contributed by atoms with van der Waals surface area (Å²) in [6.07, 6.45) is -16.7. The zero-order valence-electron chi connectivity index (χ0n) is 19.9. The van der Waals surface area contributed by atoms with Crippen molar-refractivity contribution >= 4 is 18.2 Å². The summed E-state index contributed by atoms with van der Waals surface area (Å²) in [4.78, 5) is 38.5. The minimum Gasteiger partial charge on any atom is -0.475 e. The van der Waals surface area contributed by atoms with Gasteiger partial charge in [-0.15, -0.1) is 23.3 Å². The van der Waals surface area contributed by atoms with Crippen LogP contribution in [-0.4, -0.2) is 54.9 Å². The number of hydrogen-bond donors (Lipinski definition) is 0. The SMILES string of the molecule is CCc1cc(OC(F)(F)F)cc2c1OC(C(F)(F)F)C(C(=O)OC(C)OC(=O)O[C@@H](C)CCO[N+](=O)[O-])=C2. The van der Waals surface area contributed by atoms with E-state index < -0.39 is 71.9 Å². The molecule has 0 amide bonds. The van der Waals surface area contributed by atoms with Gasteiger partial charge in [-0.1, -0.05) is 6.92 Å². The van der Waals surface area contributed by atoms with Crippen molar-refractivity contribution in [2.45, 2.75) is 64.6 Å². The molecule has 2 rings (SSSR count). The van der Waals surface area contributed by atoms with Crippen LogP contribution in [0.3, 0.4) is 0 Å². The van der Waals surface area contributed by atoms with Crippen LogP contribution >= 0.6 is 0 Å². The Labute approximate surface area is 210 Å². The van der Waals surface area contributed by atoms with E-state index in [1.165, 1.54) is 13.8 Å². The van der Waals surface area contributed by atoms with Gasteiger partial charge in [0.05, 0.1) is 12.2 Å². The van der Waals surface area contributed by atoms with E-state index in [9.17, 15) is 46.0 Å². The molecule has 212 valence electrons. The molecule has 1 aromatic carbocycles. The van der Waals surface area contributed by atoms with Crippen molar-refractivity contribution in [3.05, 3.63) is 38.9 Å². The fourth-order valence-corrected chi connectivity index (χ4v) is 3.15. The van der Waals surface area contributed by atoms with Gasteiger partial charge in [0.1, 0.15) is 17.6 Å². The summed E-state index contributed by atoms with van der Waals surface area (Å²) in [5.74, 6) is -2.79. The quantitative estimate of drug-likeness (QED) is 0.128. The second-order valence-electron chi connectivity index (χ2n) is 7.66. The Bertz CT molecular complexity index is 1070. The van der Waals surface area contributed by atoms with Crippen LogP contribution in [0.5, 0.6) is 11.5 Å². The molecular formula is C21H21F6NO10. The molecule has 0 aromatic heterocycles. The molecule has 0 saturated heterocycles. The smallest absolute Gasteiger partial charge is 0.475 e. The molecular weight excluding hydrogens is 540 g/mol. The van der Waals surface area contributed by atoms with E-state index in [1.54, 1.807) is 0 Å². The van der Waals surface area contributed by atoms with Gasteiger partial charge in [-0.25, -0.2) is 9.59 Å². The van der Waals surface area contributed by atoms with Gasteiger partial charge in [0, 0.05) is 18.9 Å². The Morgan fingerprint density at radius 2 is 1.76 bits per heavy atom. The third kappa shape index (κ3) is 8.88. The number of benzene rings is 1. The highest BCUT2D eigenvalue weighted by molar-refractivity contribution is 5.96. The molecule has 0 N–H and O–H groups in total. The third-order valence-corrected chi connectivity index (χ3v) is 4.70. The molecule has 3 atom stereocenters. The molecule has 0 aliphatic carbocycles. The molecule has 0 fully saturated rings. The molecule has 1 heterocycles. The van der Waals surface area contributed by atoms with Crippen molar-refractivity contribution < 1.29 is 69.5 Å². The number of alkyl halides is 6. The van der Waals surface area contributed by atoms with E-state index in [4.69, 9.17) is 14.2 Å². The minimum absolute atomic E-state index is 0.0286. The molecule has 1 aromatic rings. The van der Waals surface area contributed by atoms with Gasteiger partial charge in [-0.3, -0.25) is 0 Å². The summed E-state index contributed by atoms with van der Waals surface area (Å²) in [7, 11) is 0. The van der Waals surface area contributed by atoms with Gasteiger partial charge in [0.15, 0.2) is 0 Å². The topological polar surface area (TPSA) is 133 Å². The van der Waals surface area contributed by atoms with Crippen molar-refractivity contribution in [2.75, 3.05) is 6.61 Å². The Morgan fingerprint density at radius 1 is 1.11 bits per heavy atom. The van der Waals surface area contributed by atoms with Gasteiger partial charge < -0.3 is 28.5 Å². The fraction of sp³-hybridized carbons (Fsp3) is 0.524. The maximum atomic E-state index is 13.7. The van der Waals surface area contributed by atoms with Crippen molar-refractivity contribution in [2.24, 2.45) is 0 Å². The van der Waals surface area contributed by atoms with E-state index in [1.807, 2.05) is 0 Å². The van der Waals surface area contributed by atoms with Crippen LogP contribution in [0.4, 0.5) is 31.1 Å². The van der Waals surface area contributed by atoms with Crippen molar-refractivity contribution in [1.29, 1.82) is 0 Å². The highest BCUT2D eigenvalue weighted by Crippen LogP contribution is 2.42. The number of halogens is 6. The van der Waals surface area contributed by atoms with Crippen LogP contribution in [0.15, 0.2) is 17.7 Å². The van der Waals surface area contributed by atoms with E-state index in [0.29, 0.717) is 6.08 Å². The lowest BCUT2D eigenvalue weighted by atomic mass is 9.97. The number of carbonyl (C=O) groups is 2. The molecule has 0 bridgehead atoms. The van der Waals surface area contributed by atoms with Crippen molar-refractivity contribution in [3.8, 4) is 11.5 Å². The van der Waals surface area contributed by atoms with Crippen LogP contribution < -0.4 is 9.47 Å². The summed E-state index contributed by atoms with van der Waals surface area (Å²) >= 11 is 0. The largest absolute Gasteiger partial charge is 0.573 e. The molecule has 0 saturated carbocycles. The summed E-state index contributed by atoms with van der Waals surface area (Å²) in [5, 5.41) is 9.05. The lowest BCUT2D eigenvalue weighted by molar-refractivity contribution is -0.758. The predicted molar refractivity (Wildman–Crippen MR) is 111 cm³/mol. The van der Waals surface area contributed by atoms with Crippen molar-refractivity contribution in [1.82, 2.24) is 0 Å². The molecule has 0 spiro atoms. The average molecular weight is 561 g/mol. The standard InChI is InChI=1S/C21H21F6NO10/c1-4-12-7-14(38-21(25,26)27)8-13-9-15(17(20(22,23)24)37-16(12)13)18(29)35-11(3)36-19(30)34-10(2)5-6-33-28(31)32/h7-11,17H,4-6H2,1-3H3/t10-,11?,17?/m0/s1. The molecule has 1 aliphatic rings. The zero-order chi connectivity index (χ0) is 28.8. The van der Waals surface area contributed by atoms with E-state index in [2.05, 4.69) is 14.3 Å². The second kappa shape index (κ2) is 12.1. The molecule has 0 radical (unpaired) electrons. The van der Waals surface area contributed by atoms with E-state index in [-0.39, 0.29) is 24.0 Å². The molecule has 17 heteroatoms. The van der Waals surface area contributed by atoms with E-state index in [0.717, 1.165) is 19.1 Å². The van der Waals surface area contributed by atoms with E-state index >= 15 is 0 Å². The highest BCUT2D eigenvalue weighted by Gasteiger charge is 2.49. The van der Waals surface area contributed by atoms with Gasteiger partial charge >= 0.3 is 24.7 Å². The van der Waals surface area contributed by atoms with Crippen LogP contribution in [0.1, 0.15) is 38.3 Å². The van der Waals surface area contributed by atoms with Gasteiger partial charge in [-0.05, 0) is 37.1 Å². The first-order valence-electron chi connectivity index (χ1n) is 10.7. The van der Waals surface area contributed by atoms with Crippen LogP contribution in [0.2, 0.25) is 0 Å². The first-order valence-corrected chi connectivity index (χ1v) is 10.7. The van der Waals surface area contributed by atoms with Gasteiger partial charge in [-0.2, -0.15) is 13.2 Å². The van der Waals surface area contributed by atoms with Crippen LogP contribution in [-0.2, 0) is 30.3 Å². The Kier molecular flexibility index (Phi) is 9.64. The lowest BCUT2D eigenvalue weighted by Gasteiger charge is -2.30. The summed E-state index contributed by atoms with van der Waals surface area (Å²) in [5.41, 5.74) is -1.49. The third-order valence-electron chi connectivity index (χ3n) is 4.70. The summed E-state index contributed by atoms with van der Waals surface area (Å²) in [6.45, 7) is 3.36. The average Bonchev–Trinajstić information content (AvgIpc) is 2.75. The highest BCUT2D eigenvalue weighted by atomic mass is 19.4. The maximum absolute atomic E-state index is 13.7. The summed E-state index contributed by atoms with van der Waals surface area (Å²) < 4.78 is 102. The Morgan fingerprint density at radius 3 is 2.32 bits per heavy atom. The number of rotatable bonds is 10. The monoisotopic (exact) mass is 561 g/mol. The number of nitrogens with zero attached hydrogens (tertiary/aromatic N) is 1. The molecule has 38 heavy (non-hydrogen) atoms. The number of esters is 1. The number of aryl methyl sites for hydroxylation is 1. The fourth-order valence-electron chi connectivity index (χ4n) is 3.15. The number of hydrogen-bond acceptors (Lipinski definition) is 10. The molecule has 2 unspecified atom stereocenters. The first-order chi connectivity index (χ1) is 17.5. The first kappa shape index (κ1) is 30.3. The number of fused-ring (bicyclic) bond motifs is 1. The number of carbonyl (C=O) groups excluding carboxylic acids is 2. The lowest BCUT2D eigenvalue weighted by Crippen LogP contribution is -2.41. The normalized spacial score (nSPS) is 16.7. The Balaban J connectivity index is 2.20. The van der Waals surface area contributed by atoms with Gasteiger partial charge in [0.2, 0.25) is 12.4 Å². The Hall–Kier alpha value is -3.92. The van der Waals surface area contributed by atoms with Crippen LogP contribution in [0.25, 0.3) is 6.08 Å². The van der Waals surface area contributed by atoms with Crippen molar-refractivity contribution in [3.63, 3.8) is 0 Å². The minimum atomic E-state index is -5.14. The maximum Gasteiger partial charge on any atom is 0.573 e. The predicted octanol–water partition coefficient (Wildman–Crippen LogP) is 4.88. The second-order valence-corrected chi connectivity index (χ2v) is 7.66. The summed E-state index contributed by atoms with van der Waals surface area (Å²) in [6, 6.07) is 1.60. The zero-order valence-corrected chi connectivity index (χ0v) is 19.9. The van der Waals surface area contributed by atoms with Gasteiger partial charge in [0.25, 0.3) is 5.09 Å². The molecule has 11 nitrogen and oxygen atoms in total. The van der Waals surface area contributed by atoms with Crippen LogP contribution in [0, 0.1) is 10.1 Å².